The molecule has 0 unspecified atom stereocenters. The first kappa shape index (κ1) is 13.1. The summed E-state index contributed by atoms with van der Waals surface area (Å²) in [4.78, 5) is 10.1. The first-order chi connectivity index (χ1) is 8.99. The van der Waals surface area contributed by atoms with Crippen LogP contribution in [0.25, 0.3) is 0 Å². The molecule has 0 radical (unpaired) electrons. The van der Waals surface area contributed by atoms with Gasteiger partial charge in [0.05, 0.1) is 11.8 Å². The highest BCUT2D eigenvalue weighted by molar-refractivity contribution is 5.32. The molecule has 1 heterocycles. The number of benzene rings is 1. The van der Waals surface area contributed by atoms with Crippen molar-refractivity contribution in [2.45, 2.75) is 26.8 Å². The van der Waals surface area contributed by atoms with Gasteiger partial charge in [-0.3, -0.25) is 10.1 Å². The van der Waals surface area contributed by atoms with E-state index in [1.165, 1.54) is 12.1 Å². The topological polar surface area (TPSA) is 80.4 Å². The van der Waals surface area contributed by atoms with Gasteiger partial charge in [-0.25, -0.2) is 0 Å². The summed E-state index contributed by atoms with van der Waals surface area (Å²) in [6, 6.07) is 6.46. The average molecular weight is 263 g/mol. The second-order valence-electron chi connectivity index (χ2n) is 4.34. The fourth-order valence-electron chi connectivity index (χ4n) is 1.97. The SMILES string of the molecule is Cc1oc(O)c(C)[n+]1CCc1ccc([N+](=O)[O-])cc1. The van der Waals surface area contributed by atoms with E-state index in [1.54, 1.807) is 26.0 Å². The summed E-state index contributed by atoms with van der Waals surface area (Å²) in [7, 11) is 0. The summed E-state index contributed by atoms with van der Waals surface area (Å²) in [5.41, 5.74) is 1.77. The lowest BCUT2D eigenvalue weighted by Gasteiger charge is -1.98. The van der Waals surface area contributed by atoms with E-state index >= 15 is 0 Å². The zero-order chi connectivity index (χ0) is 14.0. The predicted octanol–water partition coefficient (Wildman–Crippen LogP) is 2.04. The predicted molar refractivity (Wildman–Crippen MR) is 66.8 cm³/mol. The maximum absolute atomic E-state index is 10.5. The summed E-state index contributed by atoms with van der Waals surface area (Å²) < 4.78 is 6.99. The molecular formula is C13H15N2O4+. The normalized spacial score (nSPS) is 10.6. The third-order valence-corrected chi connectivity index (χ3v) is 3.11. The molecule has 0 aliphatic heterocycles. The number of aromatic nitrogens is 1. The highest BCUT2D eigenvalue weighted by Crippen LogP contribution is 2.15. The maximum atomic E-state index is 10.5. The van der Waals surface area contributed by atoms with E-state index in [2.05, 4.69) is 0 Å². The molecular weight excluding hydrogens is 248 g/mol. The monoisotopic (exact) mass is 263 g/mol. The number of nitro benzene ring substituents is 1. The standard InChI is InChI=1S/C13H14N2O4/c1-9-13(16)19-10(2)14(9)8-7-11-3-5-12(6-4-11)15(17)18/h3-6H,7-8H2,1-2H3/p+1. The summed E-state index contributed by atoms with van der Waals surface area (Å²) in [6.45, 7) is 4.21. The summed E-state index contributed by atoms with van der Waals surface area (Å²) in [5, 5.41) is 20.0. The molecule has 1 N–H and O–H groups in total. The van der Waals surface area contributed by atoms with Crippen molar-refractivity contribution < 1.29 is 19.0 Å². The number of nitro groups is 1. The molecule has 6 heteroatoms. The number of nitrogens with zero attached hydrogens (tertiary/aromatic N) is 2. The molecule has 6 nitrogen and oxygen atoms in total. The lowest BCUT2D eigenvalue weighted by molar-refractivity contribution is -0.711. The molecule has 0 fully saturated rings. The van der Waals surface area contributed by atoms with E-state index in [9.17, 15) is 15.2 Å². The highest BCUT2D eigenvalue weighted by atomic mass is 16.6. The molecule has 0 saturated heterocycles. The van der Waals surface area contributed by atoms with Gasteiger partial charge in [-0.15, -0.1) is 0 Å². The van der Waals surface area contributed by atoms with Gasteiger partial charge >= 0.3 is 11.8 Å². The lowest BCUT2D eigenvalue weighted by Crippen LogP contribution is -2.38. The van der Waals surface area contributed by atoms with Gasteiger partial charge in [-0.05, 0) is 5.56 Å². The van der Waals surface area contributed by atoms with Crippen LogP contribution >= 0.6 is 0 Å². The molecule has 2 aromatic rings. The van der Waals surface area contributed by atoms with Crippen LogP contribution in [0.1, 0.15) is 17.1 Å². The Morgan fingerprint density at radius 3 is 2.42 bits per heavy atom. The quantitative estimate of drug-likeness (QED) is 0.520. The summed E-state index contributed by atoms with van der Waals surface area (Å²) in [6.07, 6.45) is 0.712. The molecule has 2 rings (SSSR count). The Balaban J connectivity index is 2.08. The Kier molecular flexibility index (Phi) is 3.50. The van der Waals surface area contributed by atoms with Crippen molar-refractivity contribution in [3.63, 3.8) is 0 Å². The first-order valence-electron chi connectivity index (χ1n) is 5.91. The number of hydrogen-bond acceptors (Lipinski definition) is 4. The van der Waals surface area contributed by atoms with Crippen molar-refractivity contribution in [2.24, 2.45) is 0 Å². The van der Waals surface area contributed by atoms with Crippen molar-refractivity contribution in [2.75, 3.05) is 0 Å². The van der Waals surface area contributed by atoms with Gasteiger partial charge in [0, 0.05) is 25.5 Å². The van der Waals surface area contributed by atoms with E-state index in [-0.39, 0.29) is 11.6 Å². The van der Waals surface area contributed by atoms with E-state index in [4.69, 9.17) is 4.42 Å². The third-order valence-electron chi connectivity index (χ3n) is 3.11. The number of aromatic hydroxyl groups is 1. The molecule has 0 bridgehead atoms. The van der Waals surface area contributed by atoms with Crippen LogP contribution < -0.4 is 4.57 Å². The fraction of sp³-hybridized carbons (Fsp3) is 0.308. The van der Waals surface area contributed by atoms with Crippen LogP contribution in [0.4, 0.5) is 5.69 Å². The second kappa shape index (κ2) is 5.09. The molecule has 100 valence electrons. The summed E-state index contributed by atoms with van der Waals surface area (Å²) in [5.74, 6) is 0.568. The average Bonchev–Trinajstić information content (AvgIpc) is 2.62. The van der Waals surface area contributed by atoms with Gasteiger partial charge in [-0.2, -0.15) is 4.57 Å². The van der Waals surface area contributed by atoms with Crippen molar-refractivity contribution in [3.8, 4) is 5.95 Å². The van der Waals surface area contributed by atoms with Crippen molar-refractivity contribution in [3.05, 3.63) is 51.5 Å². The van der Waals surface area contributed by atoms with E-state index < -0.39 is 4.92 Å². The van der Waals surface area contributed by atoms with E-state index in [0.717, 1.165) is 5.56 Å². The van der Waals surface area contributed by atoms with Gasteiger partial charge in [-0.1, -0.05) is 12.1 Å². The minimum Gasteiger partial charge on any atom is -0.476 e. The molecule has 0 amide bonds. The summed E-state index contributed by atoms with van der Waals surface area (Å²) >= 11 is 0. The van der Waals surface area contributed by atoms with Crippen LogP contribution in [0.3, 0.4) is 0 Å². The van der Waals surface area contributed by atoms with Crippen LogP contribution in [0.15, 0.2) is 28.7 Å². The number of hydrogen-bond donors (Lipinski definition) is 1. The zero-order valence-corrected chi connectivity index (χ0v) is 10.8. The maximum Gasteiger partial charge on any atom is 0.356 e. The Hall–Kier alpha value is -2.37. The minimum atomic E-state index is -0.416. The smallest absolute Gasteiger partial charge is 0.356 e. The van der Waals surface area contributed by atoms with Crippen molar-refractivity contribution >= 4 is 5.69 Å². The van der Waals surface area contributed by atoms with E-state index in [1.807, 2.05) is 4.57 Å². The fourth-order valence-corrected chi connectivity index (χ4v) is 1.97. The van der Waals surface area contributed by atoms with Crippen LogP contribution in [0, 0.1) is 24.0 Å². The zero-order valence-electron chi connectivity index (χ0n) is 10.8. The van der Waals surface area contributed by atoms with Crippen LogP contribution in [0.5, 0.6) is 5.95 Å². The molecule has 1 aromatic heterocycles. The van der Waals surface area contributed by atoms with Crippen molar-refractivity contribution in [1.29, 1.82) is 0 Å². The number of aryl methyl sites for hydroxylation is 2. The Labute approximate surface area is 110 Å². The van der Waals surface area contributed by atoms with Crippen LogP contribution in [-0.2, 0) is 13.0 Å². The van der Waals surface area contributed by atoms with Gasteiger partial charge in [0.15, 0.2) is 6.54 Å². The third kappa shape index (κ3) is 2.73. The lowest BCUT2D eigenvalue weighted by atomic mass is 10.1. The molecule has 0 saturated carbocycles. The van der Waals surface area contributed by atoms with Gasteiger partial charge in [0.25, 0.3) is 11.4 Å². The van der Waals surface area contributed by atoms with Gasteiger partial charge in [0.1, 0.15) is 0 Å². The minimum absolute atomic E-state index is 0.0683. The highest BCUT2D eigenvalue weighted by Gasteiger charge is 2.21. The molecule has 0 aliphatic carbocycles. The molecule has 0 spiro atoms. The Morgan fingerprint density at radius 2 is 1.95 bits per heavy atom. The second-order valence-corrected chi connectivity index (χ2v) is 4.34. The first-order valence-corrected chi connectivity index (χ1v) is 5.91. The van der Waals surface area contributed by atoms with Crippen LogP contribution in [0.2, 0.25) is 0 Å². The number of rotatable bonds is 4. The Bertz CT molecular complexity index is 602. The van der Waals surface area contributed by atoms with Gasteiger partial charge in [0.2, 0.25) is 0 Å². The number of non-ortho nitro benzene ring substituents is 1. The molecule has 19 heavy (non-hydrogen) atoms. The molecule has 1 aromatic carbocycles. The Morgan fingerprint density at radius 1 is 1.32 bits per heavy atom. The molecule has 0 aliphatic rings. The van der Waals surface area contributed by atoms with Gasteiger partial charge < -0.3 is 9.52 Å². The van der Waals surface area contributed by atoms with Crippen LogP contribution in [-0.4, -0.2) is 10.0 Å². The largest absolute Gasteiger partial charge is 0.476 e. The van der Waals surface area contributed by atoms with Crippen molar-refractivity contribution in [1.82, 2.24) is 0 Å². The molecule has 0 atom stereocenters. The number of oxazole rings is 1. The van der Waals surface area contributed by atoms with E-state index in [0.29, 0.717) is 24.6 Å².